The summed E-state index contributed by atoms with van der Waals surface area (Å²) in [6.07, 6.45) is 1.61. The summed E-state index contributed by atoms with van der Waals surface area (Å²) in [6.45, 7) is 2.49. The van der Waals surface area contributed by atoms with Gasteiger partial charge in [0.2, 0.25) is 0 Å². The van der Waals surface area contributed by atoms with Crippen molar-refractivity contribution in [3.8, 4) is 17.1 Å². The third-order valence-electron chi connectivity index (χ3n) is 2.17. The normalized spacial score (nSPS) is 10.2. The number of rotatable bonds is 3. The van der Waals surface area contributed by atoms with E-state index >= 15 is 0 Å². The minimum atomic E-state index is 0.431. The third kappa shape index (κ3) is 2.65. The molecule has 0 spiro atoms. The number of aromatic nitrogens is 2. The summed E-state index contributed by atoms with van der Waals surface area (Å²) in [5.41, 5.74) is 6.41. The number of benzene rings is 1. The highest BCUT2D eigenvalue weighted by atomic mass is 35.5. The second-order valence-corrected chi connectivity index (χ2v) is 3.79. The number of anilines is 1. The average molecular weight is 250 g/mol. The Morgan fingerprint density at radius 3 is 2.82 bits per heavy atom. The molecule has 2 N–H and O–H groups in total. The van der Waals surface area contributed by atoms with Crippen LogP contribution in [0.25, 0.3) is 11.4 Å². The van der Waals surface area contributed by atoms with Crippen molar-refractivity contribution in [3.05, 3.63) is 35.5 Å². The lowest BCUT2D eigenvalue weighted by molar-refractivity contribution is 0.340. The van der Waals surface area contributed by atoms with Gasteiger partial charge in [-0.15, -0.1) is 0 Å². The fraction of sp³-hybridized carbons (Fsp3) is 0.167. The zero-order chi connectivity index (χ0) is 12.3. The summed E-state index contributed by atoms with van der Waals surface area (Å²) in [5.74, 6) is 1.64. The Hall–Kier alpha value is -1.81. The van der Waals surface area contributed by atoms with Crippen molar-refractivity contribution in [2.75, 3.05) is 12.3 Å². The number of nitrogens with zero attached hydrogens (tertiary/aromatic N) is 2. The minimum absolute atomic E-state index is 0.431. The molecule has 1 aromatic heterocycles. The summed E-state index contributed by atoms with van der Waals surface area (Å²) >= 11 is 6.09. The van der Waals surface area contributed by atoms with Crippen LogP contribution in [0.5, 0.6) is 5.75 Å². The number of hydrogen-bond acceptors (Lipinski definition) is 4. The molecule has 0 bridgehead atoms. The molecular formula is C12H12ClN3O. The van der Waals surface area contributed by atoms with Crippen molar-refractivity contribution >= 4 is 17.4 Å². The van der Waals surface area contributed by atoms with E-state index in [9.17, 15) is 0 Å². The van der Waals surface area contributed by atoms with Crippen LogP contribution in [0.2, 0.25) is 5.02 Å². The van der Waals surface area contributed by atoms with Gasteiger partial charge in [0, 0.05) is 11.8 Å². The van der Waals surface area contributed by atoms with Crippen LogP contribution in [0.1, 0.15) is 6.92 Å². The Labute approximate surface area is 104 Å². The van der Waals surface area contributed by atoms with Crippen LogP contribution in [0, 0.1) is 0 Å². The lowest BCUT2D eigenvalue weighted by Gasteiger charge is -2.07. The monoisotopic (exact) mass is 249 g/mol. The smallest absolute Gasteiger partial charge is 0.161 e. The van der Waals surface area contributed by atoms with Gasteiger partial charge in [-0.25, -0.2) is 9.97 Å². The van der Waals surface area contributed by atoms with E-state index in [1.54, 1.807) is 24.4 Å². The number of ether oxygens (including phenoxy) is 1. The number of halogens is 1. The molecule has 0 aliphatic heterocycles. The molecule has 0 aliphatic rings. The predicted octanol–water partition coefficient (Wildman–Crippen LogP) is 2.78. The molecule has 2 rings (SSSR count). The average Bonchev–Trinajstić information content (AvgIpc) is 2.32. The van der Waals surface area contributed by atoms with E-state index in [4.69, 9.17) is 22.1 Å². The van der Waals surface area contributed by atoms with E-state index < -0.39 is 0 Å². The maximum absolute atomic E-state index is 6.09. The standard InChI is InChI=1S/C12H12ClN3O/c1-2-17-10-4-3-8(7-9(10)13)12-15-6-5-11(14)16-12/h3-7H,2H2,1H3,(H2,14,15,16). The lowest BCUT2D eigenvalue weighted by atomic mass is 10.2. The van der Waals surface area contributed by atoms with Gasteiger partial charge in [-0.3, -0.25) is 0 Å². The first-order valence-corrected chi connectivity index (χ1v) is 5.59. The van der Waals surface area contributed by atoms with Crippen LogP contribution >= 0.6 is 11.6 Å². The van der Waals surface area contributed by atoms with Crippen molar-refractivity contribution in [3.63, 3.8) is 0 Å². The molecule has 1 heterocycles. The fourth-order valence-electron chi connectivity index (χ4n) is 1.42. The lowest BCUT2D eigenvalue weighted by Crippen LogP contribution is -1.95. The van der Waals surface area contributed by atoms with Crippen molar-refractivity contribution in [2.24, 2.45) is 0 Å². The van der Waals surface area contributed by atoms with Crippen LogP contribution in [0.4, 0.5) is 5.82 Å². The van der Waals surface area contributed by atoms with Gasteiger partial charge < -0.3 is 10.5 Å². The maximum atomic E-state index is 6.09. The Morgan fingerprint density at radius 2 is 2.18 bits per heavy atom. The van der Waals surface area contributed by atoms with Crippen molar-refractivity contribution < 1.29 is 4.74 Å². The molecule has 0 saturated heterocycles. The fourth-order valence-corrected chi connectivity index (χ4v) is 1.66. The first kappa shape index (κ1) is 11.7. The van der Waals surface area contributed by atoms with Gasteiger partial charge in [-0.1, -0.05) is 11.6 Å². The van der Waals surface area contributed by atoms with Gasteiger partial charge >= 0.3 is 0 Å². The van der Waals surface area contributed by atoms with E-state index in [2.05, 4.69) is 9.97 Å². The van der Waals surface area contributed by atoms with Gasteiger partial charge in [0.05, 0.1) is 11.6 Å². The second-order valence-electron chi connectivity index (χ2n) is 3.38. The van der Waals surface area contributed by atoms with Gasteiger partial charge in [0.25, 0.3) is 0 Å². The summed E-state index contributed by atoms with van der Waals surface area (Å²) in [6, 6.07) is 7.06. The van der Waals surface area contributed by atoms with Crippen LogP contribution in [-0.4, -0.2) is 16.6 Å². The first-order valence-electron chi connectivity index (χ1n) is 5.22. The van der Waals surface area contributed by atoms with Crippen LogP contribution in [0.3, 0.4) is 0 Å². The Balaban J connectivity index is 2.37. The minimum Gasteiger partial charge on any atom is -0.492 e. The molecule has 4 nitrogen and oxygen atoms in total. The predicted molar refractivity (Wildman–Crippen MR) is 68.1 cm³/mol. The maximum Gasteiger partial charge on any atom is 0.161 e. The molecule has 1 aromatic carbocycles. The topological polar surface area (TPSA) is 61.0 Å². The SMILES string of the molecule is CCOc1ccc(-c2nccc(N)n2)cc1Cl. The summed E-state index contributed by atoms with van der Waals surface area (Å²) < 4.78 is 5.35. The second kappa shape index (κ2) is 5.01. The molecule has 0 aliphatic carbocycles. The molecule has 0 radical (unpaired) electrons. The molecule has 0 amide bonds. The summed E-state index contributed by atoms with van der Waals surface area (Å²) in [4.78, 5) is 8.26. The van der Waals surface area contributed by atoms with Gasteiger partial charge in [0.15, 0.2) is 5.82 Å². The highest BCUT2D eigenvalue weighted by Gasteiger charge is 2.06. The van der Waals surface area contributed by atoms with E-state index in [1.165, 1.54) is 0 Å². The van der Waals surface area contributed by atoms with Crippen LogP contribution < -0.4 is 10.5 Å². The zero-order valence-electron chi connectivity index (χ0n) is 9.35. The quantitative estimate of drug-likeness (QED) is 0.909. The largest absolute Gasteiger partial charge is 0.492 e. The van der Waals surface area contributed by atoms with Crippen molar-refractivity contribution in [1.29, 1.82) is 0 Å². The highest BCUT2D eigenvalue weighted by Crippen LogP contribution is 2.29. The summed E-state index contributed by atoms with van der Waals surface area (Å²) in [7, 11) is 0. The Morgan fingerprint density at radius 1 is 1.35 bits per heavy atom. The number of nitrogen functional groups attached to an aromatic ring is 1. The van der Waals surface area contributed by atoms with E-state index in [0.29, 0.717) is 29.0 Å². The van der Waals surface area contributed by atoms with Gasteiger partial charge in [-0.2, -0.15) is 0 Å². The van der Waals surface area contributed by atoms with Gasteiger partial charge in [0.1, 0.15) is 11.6 Å². The molecule has 0 fully saturated rings. The Bertz CT molecular complexity index is 531. The molecule has 88 valence electrons. The summed E-state index contributed by atoms with van der Waals surface area (Å²) in [5, 5.41) is 0.537. The molecule has 0 atom stereocenters. The van der Waals surface area contributed by atoms with Crippen LogP contribution in [-0.2, 0) is 0 Å². The molecular weight excluding hydrogens is 238 g/mol. The third-order valence-corrected chi connectivity index (χ3v) is 2.46. The number of hydrogen-bond donors (Lipinski definition) is 1. The molecule has 2 aromatic rings. The van der Waals surface area contributed by atoms with Crippen molar-refractivity contribution in [2.45, 2.75) is 6.92 Å². The molecule has 0 saturated carbocycles. The Kier molecular flexibility index (Phi) is 3.44. The van der Waals surface area contributed by atoms with E-state index in [0.717, 1.165) is 5.56 Å². The zero-order valence-corrected chi connectivity index (χ0v) is 10.1. The first-order chi connectivity index (χ1) is 8.20. The van der Waals surface area contributed by atoms with E-state index in [-0.39, 0.29) is 0 Å². The number of nitrogens with two attached hydrogens (primary N) is 1. The van der Waals surface area contributed by atoms with Gasteiger partial charge in [-0.05, 0) is 31.2 Å². The van der Waals surface area contributed by atoms with Crippen LogP contribution in [0.15, 0.2) is 30.5 Å². The van der Waals surface area contributed by atoms with Crippen molar-refractivity contribution in [1.82, 2.24) is 9.97 Å². The molecule has 17 heavy (non-hydrogen) atoms. The highest BCUT2D eigenvalue weighted by molar-refractivity contribution is 6.32. The molecule has 5 heteroatoms. The van der Waals surface area contributed by atoms with E-state index in [1.807, 2.05) is 13.0 Å². The molecule has 0 unspecified atom stereocenters.